The molecule has 0 bridgehead atoms. The summed E-state index contributed by atoms with van der Waals surface area (Å²) in [4.78, 5) is 10.6. The van der Waals surface area contributed by atoms with Gasteiger partial charge < -0.3 is 5.32 Å². The third kappa shape index (κ3) is 3.14. The van der Waals surface area contributed by atoms with Gasteiger partial charge in [0.05, 0.1) is 16.1 Å². The summed E-state index contributed by atoms with van der Waals surface area (Å²) in [5, 5.41) is 14.3. The largest absolute Gasteiger partial charge is 0.374 e. The quantitative estimate of drug-likeness (QED) is 0.566. The average Bonchev–Trinajstić information content (AvgIpc) is 2.61. The fraction of sp³-hybridized carbons (Fsp3) is 0.300. The van der Waals surface area contributed by atoms with Gasteiger partial charge in [-0.1, -0.05) is 32.1 Å². The van der Waals surface area contributed by atoms with Gasteiger partial charge in [0.2, 0.25) is 0 Å². The molecule has 1 aliphatic rings. The van der Waals surface area contributed by atoms with Gasteiger partial charge in [-0.3, -0.25) is 10.1 Å². The molecule has 0 aliphatic carbocycles. The first-order chi connectivity index (χ1) is 11.9. The van der Waals surface area contributed by atoms with Gasteiger partial charge in [0.15, 0.2) is 0 Å². The summed E-state index contributed by atoms with van der Waals surface area (Å²) >= 11 is 0. The number of non-ortho nitro benzene ring substituents is 1. The highest BCUT2D eigenvalue weighted by Crippen LogP contribution is 2.41. The van der Waals surface area contributed by atoms with Crippen LogP contribution in [-0.4, -0.2) is 10.5 Å². The van der Waals surface area contributed by atoms with E-state index in [-0.39, 0.29) is 17.0 Å². The highest BCUT2D eigenvalue weighted by Gasteiger charge is 2.29. The number of nitrogens with zero attached hydrogens (tertiary/aromatic N) is 1. The minimum Gasteiger partial charge on any atom is -0.374 e. The lowest BCUT2D eigenvalue weighted by Gasteiger charge is -2.35. The molecule has 2 aromatic rings. The Bertz CT molecular complexity index is 876. The van der Waals surface area contributed by atoms with Crippen LogP contribution in [0, 0.1) is 15.9 Å². The van der Waals surface area contributed by atoms with Crippen molar-refractivity contribution < 1.29 is 9.31 Å². The van der Waals surface area contributed by atoms with Crippen LogP contribution in [0.5, 0.6) is 0 Å². The molecule has 1 atom stereocenters. The van der Waals surface area contributed by atoms with Crippen molar-refractivity contribution in [2.75, 3.05) is 5.32 Å². The van der Waals surface area contributed by atoms with Crippen LogP contribution in [0.3, 0.4) is 0 Å². The van der Waals surface area contributed by atoms with Crippen molar-refractivity contribution in [3.63, 3.8) is 0 Å². The van der Waals surface area contributed by atoms with Crippen LogP contribution in [0.1, 0.15) is 39.2 Å². The summed E-state index contributed by atoms with van der Waals surface area (Å²) in [5.74, 6) is -0.335. The number of hydrogen-bond acceptors (Lipinski definition) is 3. The van der Waals surface area contributed by atoms with Crippen molar-refractivity contribution in [2.45, 2.75) is 39.2 Å². The third-order valence-electron chi connectivity index (χ3n) is 4.85. The number of nitro benzene ring substituents is 1. The lowest BCUT2D eigenvalue weighted by atomic mass is 9.85. The van der Waals surface area contributed by atoms with Crippen molar-refractivity contribution in [2.24, 2.45) is 0 Å². The summed E-state index contributed by atoms with van der Waals surface area (Å²) < 4.78 is 14.8. The molecular formula is C20H21FN2O2. The Hall–Kier alpha value is -2.69. The normalized spacial score (nSPS) is 19.0. The van der Waals surface area contributed by atoms with Gasteiger partial charge in [0.25, 0.3) is 5.69 Å². The fourth-order valence-electron chi connectivity index (χ4n) is 3.22. The topological polar surface area (TPSA) is 55.2 Å². The zero-order valence-corrected chi connectivity index (χ0v) is 14.6. The highest BCUT2D eigenvalue weighted by atomic mass is 19.1. The summed E-state index contributed by atoms with van der Waals surface area (Å²) in [7, 11) is 0. The van der Waals surface area contributed by atoms with E-state index in [1.54, 1.807) is 12.1 Å². The van der Waals surface area contributed by atoms with E-state index in [9.17, 15) is 14.5 Å². The van der Waals surface area contributed by atoms with E-state index in [0.29, 0.717) is 16.8 Å². The van der Waals surface area contributed by atoms with Crippen LogP contribution in [0.15, 0.2) is 42.5 Å². The molecule has 0 saturated heterocycles. The molecule has 5 heteroatoms. The molecule has 1 heterocycles. The summed E-state index contributed by atoms with van der Waals surface area (Å²) in [6.07, 6.45) is 3.80. The summed E-state index contributed by atoms with van der Waals surface area (Å²) in [6.45, 7) is 6.17. The maximum Gasteiger partial charge on any atom is 0.270 e. The van der Waals surface area contributed by atoms with Crippen molar-refractivity contribution >= 4 is 16.9 Å². The molecule has 0 fully saturated rings. The Morgan fingerprint density at radius 3 is 2.60 bits per heavy atom. The van der Waals surface area contributed by atoms with Gasteiger partial charge in [0.1, 0.15) is 5.82 Å². The molecule has 4 nitrogen and oxygen atoms in total. The van der Waals surface area contributed by atoms with Gasteiger partial charge in [-0.15, -0.1) is 0 Å². The van der Waals surface area contributed by atoms with E-state index in [2.05, 4.69) is 32.2 Å². The summed E-state index contributed by atoms with van der Waals surface area (Å²) in [6, 6.07) is 9.64. The predicted molar refractivity (Wildman–Crippen MR) is 99.1 cm³/mol. The van der Waals surface area contributed by atoms with E-state index in [1.165, 1.54) is 18.2 Å². The van der Waals surface area contributed by atoms with E-state index < -0.39 is 4.92 Å². The van der Waals surface area contributed by atoms with E-state index >= 15 is 0 Å². The number of anilines is 1. The third-order valence-corrected chi connectivity index (χ3v) is 4.85. The van der Waals surface area contributed by atoms with E-state index in [1.807, 2.05) is 6.07 Å². The van der Waals surface area contributed by atoms with Crippen LogP contribution < -0.4 is 5.32 Å². The second-order valence-electron chi connectivity index (χ2n) is 6.61. The first kappa shape index (κ1) is 17.1. The Balaban J connectivity index is 2.15. The number of hydrogen-bond donors (Lipinski definition) is 1. The number of fused-ring (bicyclic) bond motifs is 1. The summed E-state index contributed by atoms with van der Waals surface area (Å²) in [5.41, 5.74) is 3.43. The monoisotopic (exact) mass is 340 g/mol. The Labute approximate surface area is 146 Å². The second-order valence-corrected chi connectivity index (χ2v) is 6.61. The molecule has 130 valence electrons. The van der Waals surface area contributed by atoms with Crippen LogP contribution >= 0.6 is 0 Å². The first-order valence-electron chi connectivity index (χ1n) is 8.45. The van der Waals surface area contributed by atoms with Crippen LogP contribution in [0.25, 0.3) is 16.7 Å². The van der Waals surface area contributed by atoms with Crippen LogP contribution in [-0.2, 0) is 0 Å². The molecule has 2 aromatic carbocycles. The molecule has 1 unspecified atom stereocenters. The zero-order chi connectivity index (χ0) is 18.2. The number of allylic oxidation sites excluding steroid dienone is 1. The Morgan fingerprint density at radius 2 is 1.96 bits per heavy atom. The zero-order valence-electron chi connectivity index (χ0n) is 14.6. The molecule has 1 aliphatic heterocycles. The predicted octanol–water partition coefficient (Wildman–Crippen LogP) is 5.79. The van der Waals surface area contributed by atoms with Gasteiger partial charge in [0, 0.05) is 17.7 Å². The number of nitrogens with one attached hydrogen (secondary N) is 1. The molecule has 0 aromatic heterocycles. The SMILES string of the molecule is CCC1=CC(C)(CC)Nc2c(F)cc(-c3cccc([N+](=O)[O-])c3)cc21. The molecular weight excluding hydrogens is 319 g/mol. The Morgan fingerprint density at radius 1 is 1.20 bits per heavy atom. The van der Waals surface area contributed by atoms with Crippen molar-refractivity contribution in [1.29, 1.82) is 0 Å². The maximum absolute atomic E-state index is 14.8. The number of halogens is 1. The van der Waals surface area contributed by atoms with Crippen molar-refractivity contribution in [3.05, 3.63) is 64.0 Å². The van der Waals surface area contributed by atoms with Gasteiger partial charge in [-0.25, -0.2) is 4.39 Å². The lowest BCUT2D eigenvalue weighted by molar-refractivity contribution is -0.384. The molecule has 1 N–H and O–H groups in total. The van der Waals surface area contributed by atoms with Crippen molar-refractivity contribution in [3.8, 4) is 11.1 Å². The number of nitro groups is 1. The van der Waals surface area contributed by atoms with E-state index in [4.69, 9.17) is 0 Å². The maximum atomic E-state index is 14.8. The highest BCUT2D eigenvalue weighted by molar-refractivity contribution is 5.85. The smallest absolute Gasteiger partial charge is 0.270 e. The second kappa shape index (κ2) is 6.31. The average molecular weight is 340 g/mol. The Kier molecular flexibility index (Phi) is 4.33. The van der Waals surface area contributed by atoms with Gasteiger partial charge in [-0.05, 0) is 48.6 Å². The first-order valence-corrected chi connectivity index (χ1v) is 8.45. The van der Waals surface area contributed by atoms with Gasteiger partial charge in [-0.2, -0.15) is 0 Å². The van der Waals surface area contributed by atoms with Gasteiger partial charge >= 0.3 is 0 Å². The molecule has 3 rings (SSSR count). The molecule has 0 saturated carbocycles. The van der Waals surface area contributed by atoms with Crippen LogP contribution in [0.2, 0.25) is 0 Å². The van der Waals surface area contributed by atoms with E-state index in [0.717, 1.165) is 24.0 Å². The van der Waals surface area contributed by atoms with Crippen molar-refractivity contribution in [1.82, 2.24) is 0 Å². The molecule has 0 radical (unpaired) electrons. The lowest BCUT2D eigenvalue weighted by Crippen LogP contribution is -2.35. The molecule has 0 amide bonds. The number of benzene rings is 2. The molecule has 25 heavy (non-hydrogen) atoms. The van der Waals surface area contributed by atoms with Crippen LogP contribution in [0.4, 0.5) is 15.8 Å². The minimum atomic E-state index is -0.441. The standard InChI is InChI=1S/C20H21FN2O2/c1-4-13-12-20(3,5-2)22-19-17(13)10-15(11-18(19)21)14-7-6-8-16(9-14)23(24)25/h6-12,22H,4-5H2,1-3H3. The minimum absolute atomic E-state index is 0.00132. The molecule has 0 spiro atoms. The number of rotatable bonds is 4. The fourth-order valence-corrected chi connectivity index (χ4v) is 3.22.